The van der Waals surface area contributed by atoms with Gasteiger partial charge in [-0.1, -0.05) is 19.9 Å². The van der Waals surface area contributed by atoms with E-state index in [1.807, 2.05) is 47.1 Å². The largest absolute Gasteiger partial charge is 0.361 e. The summed E-state index contributed by atoms with van der Waals surface area (Å²) in [6, 6.07) is 7.87. The first-order chi connectivity index (χ1) is 9.57. The van der Waals surface area contributed by atoms with Gasteiger partial charge in [0.1, 0.15) is 0 Å². The summed E-state index contributed by atoms with van der Waals surface area (Å²) < 4.78 is 0.273. The van der Waals surface area contributed by atoms with E-state index in [2.05, 4.69) is 18.8 Å². The quantitative estimate of drug-likeness (QED) is 0.871. The van der Waals surface area contributed by atoms with Gasteiger partial charge < -0.3 is 9.88 Å². The van der Waals surface area contributed by atoms with Gasteiger partial charge in [0.25, 0.3) is 5.91 Å². The molecule has 2 heterocycles. The van der Waals surface area contributed by atoms with Crippen LogP contribution in [0.5, 0.6) is 0 Å². The molecule has 0 spiro atoms. The van der Waals surface area contributed by atoms with Gasteiger partial charge in [0.2, 0.25) is 0 Å². The molecule has 4 heteroatoms. The number of aromatic nitrogens is 1. The Morgan fingerprint density at radius 2 is 2.15 bits per heavy atom. The first-order valence-corrected chi connectivity index (χ1v) is 8.05. The highest BCUT2D eigenvalue weighted by atomic mass is 32.2. The van der Waals surface area contributed by atoms with Crippen LogP contribution in [0.25, 0.3) is 10.9 Å². The van der Waals surface area contributed by atoms with Crippen LogP contribution in [0.2, 0.25) is 0 Å². The van der Waals surface area contributed by atoms with Gasteiger partial charge in [-0.15, -0.1) is 0 Å². The monoisotopic (exact) mass is 288 g/mol. The summed E-state index contributed by atoms with van der Waals surface area (Å²) in [5.41, 5.74) is 1.84. The minimum Gasteiger partial charge on any atom is -0.361 e. The average molecular weight is 288 g/mol. The van der Waals surface area contributed by atoms with E-state index in [9.17, 15) is 4.79 Å². The Bertz CT molecular complexity index is 632. The van der Waals surface area contributed by atoms with E-state index in [1.54, 1.807) is 0 Å². The number of carbonyl (C=O) groups is 1. The van der Waals surface area contributed by atoms with E-state index in [0.29, 0.717) is 0 Å². The lowest BCUT2D eigenvalue weighted by atomic mass is 10.1. The fraction of sp³-hybridized carbons (Fsp3) is 0.438. The number of hydrogen-bond donors (Lipinski definition) is 1. The summed E-state index contributed by atoms with van der Waals surface area (Å²) in [4.78, 5) is 18.0. The van der Waals surface area contributed by atoms with Gasteiger partial charge in [-0.2, -0.15) is 11.8 Å². The maximum atomic E-state index is 12.8. The molecular formula is C16H20N2OS. The molecule has 1 aliphatic heterocycles. The second-order valence-corrected chi connectivity index (χ2v) is 7.70. The van der Waals surface area contributed by atoms with Crippen LogP contribution in [0.3, 0.4) is 0 Å². The average Bonchev–Trinajstić information content (AvgIpc) is 2.82. The second-order valence-electron chi connectivity index (χ2n) is 5.89. The zero-order valence-electron chi connectivity index (χ0n) is 12.0. The van der Waals surface area contributed by atoms with Crippen molar-refractivity contribution in [3.63, 3.8) is 0 Å². The number of nitrogens with zero attached hydrogens (tertiary/aromatic N) is 1. The van der Waals surface area contributed by atoms with Crippen LogP contribution in [0.4, 0.5) is 0 Å². The van der Waals surface area contributed by atoms with Crippen molar-refractivity contribution in [2.45, 2.75) is 25.0 Å². The Hall–Kier alpha value is -1.42. The Kier molecular flexibility index (Phi) is 3.50. The van der Waals surface area contributed by atoms with E-state index in [-0.39, 0.29) is 10.7 Å². The molecule has 106 valence electrons. The first-order valence-electron chi connectivity index (χ1n) is 7.06. The van der Waals surface area contributed by atoms with E-state index in [1.165, 1.54) is 0 Å². The number of H-pyrrole nitrogens is 1. The van der Waals surface area contributed by atoms with Crippen LogP contribution in [-0.2, 0) is 0 Å². The molecule has 20 heavy (non-hydrogen) atoms. The van der Waals surface area contributed by atoms with Crippen LogP contribution in [0.1, 0.15) is 30.6 Å². The number of nitrogens with one attached hydrogen (secondary N) is 1. The molecule has 1 aliphatic rings. The number of thioether (sulfide) groups is 1. The second kappa shape index (κ2) is 5.17. The van der Waals surface area contributed by atoms with Gasteiger partial charge in [-0.3, -0.25) is 4.79 Å². The van der Waals surface area contributed by atoms with Crippen molar-refractivity contribution in [2.24, 2.45) is 0 Å². The molecule has 0 unspecified atom stereocenters. The van der Waals surface area contributed by atoms with E-state index < -0.39 is 0 Å². The van der Waals surface area contributed by atoms with Gasteiger partial charge >= 0.3 is 0 Å². The zero-order chi connectivity index (χ0) is 14.2. The van der Waals surface area contributed by atoms with E-state index in [0.717, 1.165) is 41.7 Å². The molecule has 1 N–H and O–H groups in total. The summed E-state index contributed by atoms with van der Waals surface area (Å²) in [5, 5.41) is 1.02. The SMILES string of the molecule is CC1(C)CCN(C(=O)c2cccc3[nH]ccc23)CCS1. The fourth-order valence-corrected chi connectivity index (χ4v) is 3.77. The van der Waals surface area contributed by atoms with Crippen molar-refractivity contribution in [3.05, 3.63) is 36.0 Å². The summed E-state index contributed by atoms with van der Waals surface area (Å²) in [7, 11) is 0. The molecule has 3 nitrogen and oxygen atoms in total. The minimum absolute atomic E-state index is 0.161. The number of carbonyl (C=O) groups excluding carboxylic acids is 1. The summed E-state index contributed by atoms with van der Waals surface area (Å²) in [5.74, 6) is 1.18. The Morgan fingerprint density at radius 3 is 3.00 bits per heavy atom. The van der Waals surface area contributed by atoms with E-state index in [4.69, 9.17) is 0 Å². The van der Waals surface area contributed by atoms with Crippen LogP contribution in [0.15, 0.2) is 30.5 Å². The number of hydrogen-bond acceptors (Lipinski definition) is 2. The van der Waals surface area contributed by atoms with Crippen molar-refractivity contribution < 1.29 is 4.79 Å². The van der Waals surface area contributed by atoms with Gasteiger partial charge in [-0.25, -0.2) is 0 Å². The molecule has 3 rings (SSSR count). The molecule has 1 fully saturated rings. The number of amides is 1. The van der Waals surface area contributed by atoms with Gasteiger partial charge in [0, 0.05) is 46.3 Å². The lowest BCUT2D eigenvalue weighted by molar-refractivity contribution is 0.0766. The molecule has 0 bridgehead atoms. The topological polar surface area (TPSA) is 36.1 Å². The fourth-order valence-electron chi connectivity index (χ4n) is 2.67. The predicted molar refractivity (Wildman–Crippen MR) is 85.4 cm³/mol. The zero-order valence-corrected chi connectivity index (χ0v) is 12.8. The van der Waals surface area contributed by atoms with Crippen molar-refractivity contribution in [2.75, 3.05) is 18.8 Å². The molecule has 0 saturated carbocycles. The predicted octanol–water partition coefficient (Wildman–Crippen LogP) is 3.53. The van der Waals surface area contributed by atoms with Crippen molar-refractivity contribution in [1.82, 2.24) is 9.88 Å². The van der Waals surface area contributed by atoms with Crippen LogP contribution in [0, 0.1) is 0 Å². The molecule has 1 aromatic carbocycles. The molecule has 0 radical (unpaired) electrons. The highest BCUT2D eigenvalue weighted by Gasteiger charge is 2.27. The van der Waals surface area contributed by atoms with Gasteiger partial charge in [0.05, 0.1) is 0 Å². The minimum atomic E-state index is 0.161. The molecule has 0 atom stereocenters. The van der Waals surface area contributed by atoms with Crippen LogP contribution < -0.4 is 0 Å². The molecule has 2 aromatic rings. The van der Waals surface area contributed by atoms with Crippen LogP contribution in [-0.4, -0.2) is 39.4 Å². The van der Waals surface area contributed by atoms with Gasteiger partial charge in [0.15, 0.2) is 0 Å². The molecule has 1 amide bonds. The van der Waals surface area contributed by atoms with Crippen molar-refractivity contribution in [1.29, 1.82) is 0 Å². The normalized spacial score (nSPS) is 19.0. The summed E-state index contributed by atoms with van der Waals surface area (Å²) >= 11 is 1.96. The Morgan fingerprint density at radius 1 is 1.30 bits per heavy atom. The number of aromatic amines is 1. The lowest BCUT2D eigenvalue weighted by Gasteiger charge is -2.23. The third kappa shape index (κ3) is 2.57. The lowest BCUT2D eigenvalue weighted by Crippen LogP contribution is -2.33. The standard InChI is InChI=1S/C16H20N2OS/c1-16(2)7-9-18(10-11-20-16)15(19)13-4-3-5-14-12(13)6-8-17-14/h3-6,8,17H,7,9-11H2,1-2H3. The van der Waals surface area contributed by atoms with Gasteiger partial charge in [-0.05, 0) is 24.6 Å². The Balaban J connectivity index is 1.87. The van der Waals surface area contributed by atoms with Crippen LogP contribution >= 0.6 is 11.8 Å². The first kappa shape index (κ1) is 13.6. The highest BCUT2D eigenvalue weighted by molar-refractivity contribution is 8.00. The molecule has 1 aromatic heterocycles. The Labute approximate surface area is 123 Å². The smallest absolute Gasteiger partial charge is 0.254 e. The third-order valence-corrected chi connectivity index (χ3v) is 5.32. The van der Waals surface area contributed by atoms with Crippen molar-refractivity contribution in [3.8, 4) is 0 Å². The molecular weight excluding hydrogens is 268 g/mol. The molecule has 1 saturated heterocycles. The maximum Gasteiger partial charge on any atom is 0.254 e. The van der Waals surface area contributed by atoms with Crippen molar-refractivity contribution >= 4 is 28.6 Å². The maximum absolute atomic E-state index is 12.8. The number of benzene rings is 1. The molecule has 0 aliphatic carbocycles. The number of fused-ring (bicyclic) bond motifs is 1. The summed E-state index contributed by atoms with van der Waals surface area (Å²) in [6.45, 7) is 6.21. The summed E-state index contributed by atoms with van der Waals surface area (Å²) in [6.07, 6.45) is 2.94. The highest BCUT2D eigenvalue weighted by Crippen LogP contribution is 2.31. The third-order valence-electron chi connectivity index (χ3n) is 3.95. The van der Waals surface area contributed by atoms with E-state index >= 15 is 0 Å². The number of rotatable bonds is 1.